The molecular formula is C22H22N2OS2. The molecule has 3 heterocycles. The van der Waals surface area contributed by atoms with E-state index in [1.165, 1.54) is 14.5 Å². The van der Waals surface area contributed by atoms with Crippen LogP contribution in [0.15, 0.2) is 70.7 Å². The number of benzene rings is 1. The maximum absolute atomic E-state index is 5.99. The molecule has 0 fully saturated rings. The van der Waals surface area contributed by atoms with E-state index in [0.29, 0.717) is 0 Å². The first kappa shape index (κ1) is 19.4. The Labute approximate surface area is 168 Å². The second-order valence-corrected chi connectivity index (χ2v) is 8.02. The lowest BCUT2D eigenvalue weighted by Gasteiger charge is -2.10. The van der Waals surface area contributed by atoms with Crippen LogP contribution in [0.1, 0.15) is 24.4 Å². The maximum atomic E-state index is 5.99. The summed E-state index contributed by atoms with van der Waals surface area (Å²) >= 11 is 3.46. The van der Waals surface area contributed by atoms with E-state index in [2.05, 4.69) is 29.0 Å². The number of pyridine rings is 2. The summed E-state index contributed by atoms with van der Waals surface area (Å²) in [7, 11) is 0. The van der Waals surface area contributed by atoms with Gasteiger partial charge in [0.25, 0.3) is 0 Å². The van der Waals surface area contributed by atoms with Gasteiger partial charge in [0.1, 0.15) is 11.5 Å². The molecule has 4 aromatic rings. The molecule has 0 radical (unpaired) electrons. The molecule has 0 N–H and O–H groups in total. The van der Waals surface area contributed by atoms with Gasteiger partial charge in [-0.05, 0) is 44.2 Å². The summed E-state index contributed by atoms with van der Waals surface area (Å²) in [6.45, 7) is 8.07. The van der Waals surface area contributed by atoms with Crippen molar-refractivity contribution in [1.29, 1.82) is 0 Å². The van der Waals surface area contributed by atoms with E-state index >= 15 is 0 Å². The Morgan fingerprint density at radius 1 is 0.963 bits per heavy atom. The van der Waals surface area contributed by atoms with Gasteiger partial charge in [-0.15, -0.1) is 11.3 Å². The fourth-order valence-corrected chi connectivity index (χ4v) is 4.49. The van der Waals surface area contributed by atoms with Gasteiger partial charge in [-0.25, -0.2) is 0 Å². The lowest BCUT2D eigenvalue weighted by molar-refractivity contribution is 0.474. The van der Waals surface area contributed by atoms with Crippen molar-refractivity contribution in [2.24, 2.45) is 0 Å². The first-order valence-corrected chi connectivity index (χ1v) is 10.5. The number of thiophene rings is 1. The van der Waals surface area contributed by atoms with E-state index in [4.69, 9.17) is 4.74 Å². The van der Waals surface area contributed by atoms with Crippen LogP contribution in [0.2, 0.25) is 0 Å². The predicted octanol–water partition coefficient (Wildman–Crippen LogP) is 7.28. The van der Waals surface area contributed by atoms with E-state index in [0.717, 1.165) is 27.6 Å². The van der Waals surface area contributed by atoms with Crippen LogP contribution in [-0.2, 0) is 0 Å². The van der Waals surface area contributed by atoms with Gasteiger partial charge in [-0.1, -0.05) is 43.8 Å². The van der Waals surface area contributed by atoms with Crippen LogP contribution in [0, 0.1) is 13.8 Å². The molecule has 0 aliphatic heterocycles. The van der Waals surface area contributed by atoms with Gasteiger partial charge < -0.3 is 4.74 Å². The normalized spacial score (nSPS) is 10.4. The average molecular weight is 395 g/mol. The van der Waals surface area contributed by atoms with Crippen molar-refractivity contribution < 1.29 is 4.74 Å². The summed E-state index contributed by atoms with van der Waals surface area (Å²) < 4.78 is 7.21. The van der Waals surface area contributed by atoms with Crippen LogP contribution in [0.3, 0.4) is 0 Å². The summed E-state index contributed by atoms with van der Waals surface area (Å²) in [5.74, 6) is 1.60. The first-order valence-electron chi connectivity index (χ1n) is 8.91. The van der Waals surface area contributed by atoms with Crippen LogP contribution >= 0.6 is 23.1 Å². The highest BCUT2D eigenvalue weighted by molar-refractivity contribution is 7.99. The van der Waals surface area contributed by atoms with Gasteiger partial charge in [-0.2, -0.15) is 0 Å². The molecule has 0 bridgehead atoms. The molecule has 3 aromatic heterocycles. The summed E-state index contributed by atoms with van der Waals surface area (Å²) in [6.07, 6.45) is 3.75. The first-order chi connectivity index (χ1) is 13.2. The lowest BCUT2D eigenvalue weighted by Crippen LogP contribution is -1.91. The van der Waals surface area contributed by atoms with E-state index < -0.39 is 0 Å². The maximum Gasteiger partial charge on any atom is 0.149 e. The molecule has 27 heavy (non-hydrogen) atoms. The number of rotatable bonds is 4. The van der Waals surface area contributed by atoms with Crippen LogP contribution in [-0.4, -0.2) is 9.97 Å². The Kier molecular flexibility index (Phi) is 6.48. The molecule has 138 valence electrons. The minimum atomic E-state index is 0.781. The fraction of sp³-hybridized carbons (Fsp3) is 0.182. The number of ether oxygens (including phenoxy) is 1. The molecule has 4 rings (SSSR count). The molecule has 5 heteroatoms. The average Bonchev–Trinajstić information content (AvgIpc) is 3.08. The highest BCUT2D eigenvalue weighted by Gasteiger charge is 2.10. The zero-order chi connectivity index (χ0) is 19.2. The zero-order valence-corrected chi connectivity index (χ0v) is 17.5. The number of hydrogen-bond acceptors (Lipinski definition) is 5. The van der Waals surface area contributed by atoms with Gasteiger partial charge in [0.05, 0.1) is 15.9 Å². The van der Waals surface area contributed by atoms with Gasteiger partial charge in [0.2, 0.25) is 0 Å². The molecule has 0 saturated heterocycles. The fourth-order valence-electron chi connectivity index (χ4n) is 2.51. The predicted molar refractivity (Wildman–Crippen MR) is 115 cm³/mol. The molecule has 0 amide bonds. The van der Waals surface area contributed by atoms with Crippen molar-refractivity contribution in [3.8, 4) is 11.5 Å². The monoisotopic (exact) mass is 394 g/mol. The van der Waals surface area contributed by atoms with Crippen LogP contribution < -0.4 is 4.74 Å². The third kappa shape index (κ3) is 4.67. The molecule has 3 nitrogen and oxygen atoms in total. The highest BCUT2D eigenvalue weighted by atomic mass is 32.2. The van der Waals surface area contributed by atoms with Gasteiger partial charge in [0, 0.05) is 27.1 Å². The Balaban J connectivity index is 0.00000102. The van der Waals surface area contributed by atoms with Crippen molar-refractivity contribution in [3.63, 3.8) is 0 Å². The van der Waals surface area contributed by atoms with E-state index in [9.17, 15) is 0 Å². The molecule has 1 aromatic carbocycles. The Morgan fingerprint density at radius 2 is 1.74 bits per heavy atom. The molecule has 0 aliphatic carbocycles. The second-order valence-electron chi connectivity index (χ2n) is 5.65. The van der Waals surface area contributed by atoms with Crippen molar-refractivity contribution in [3.05, 3.63) is 71.5 Å². The van der Waals surface area contributed by atoms with E-state index in [-0.39, 0.29) is 0 Å². The molecule has 0 spiro atoms. The number of nitrogens with zero attached hydrogens (tertiary/aromatic N) is 2. The van der Waals surface area contributed by atoms with Crippen molar-refractivity contribution in [2.45, 2.75) is 37.5 Å². The third-order valence-corrected chi connectivity index (χ3v) is 5.93. The summed E-state index contributed by atoms with van der Waals surface area (Å²) in [4.78, 5) is 12.5. The smallest absolute Gasteiger partial charge is 0.149 e. The zero-order valence-electron chi connectivity index (χ0n) is 15.9. The topological polar surface area (TPSA) is 35.0 Å². The van der Waals surface area contributed by atoms with E-state index in [1.807, 2.05) is 69.6 Å². The standard InChI is InChI=1S/C20H16N2OS2.C2H6/c1-13-10-17-20(24-13)19(8-9-21-17)25-16-11-18(14(2)22-12-16)23-15-6-4-3-5-7-15;1-2/h3-12H,1-2H3;1-2H3. The van der Waals surface area contributed by atoms with Crippen molar-refractivity contribution in [2.75, 3.05) is 0 Å². The van der Waals surface area contributed by atoms with Crippen molar-refractivity contribution in [1.82, 2.24) is 9.97 Å². The van der Waals surface area contributed by atoms with E-state index in [1.54, 1.807) is 23.1 Å². The second kappa shape index (κ2) is 9.02. The summed E-state index contributed by atoms with van der Waals surface area (Å²) in [5, 5.41) is 0. The number of aryl methyl sites for hydroxylation is 2. The lowest BCUT2D eigenvalue weighted by atomic mass is 10.3. The van der Waals surface area contributed by atoms with Gasteiger partial charge >= 0.3 is 0 Å². The Hall–Kier alpha value is -2.37. The Bertz CT molecular complexity index is 1030. The minimum absolute atomic E-state index is 0.781. The van der Waals surface area contributed by atoms with Crippen molar-refractivity contribution >= 4 is 33.3 Å². The number of para-hydroxylation sites is 1. The molecular weight excluding hydrogens is 372 g/mol. The summed E-state index contributed by atoms with van der Waals surface area (Å²) in [6, 6.07) is 16.0. The van der Waals surface area contributed by atoms with Crippen LogP contribution in [0.25, 0.3) is 10.2 Å². The number of fused-ring (bicyclic) bond motifs is 1. The molecule has 0 atom stereocenters. The largest absolute Gasteiger partial charge is 0.455 e. The molecule has 0 aliphatic rings. The number of aromatic nitrogens is 2. The SMILES string of the molecule is CC.Cc1cc2nccc(Sc3cnc(C)c(Oc4ccccc4)c3)c2s1. The Morgan fingerprint density at radius 3 is 2.52 bits per heavy atom. The third-order valence-electron chi connectivity index (χ3n) is 3.71. The van der Waals surface area contributed by atoms with Crippen LogP contribution in [0.5, 0.6) is 11.5 Å². The van der Waals surface area contributed by atoms with Gasteiger partial charge in [-0.3, -0.25) is 9.97 Å². The molecule has 0 saturated carbocycles. The summed E-state index contributed by atoms with van der Waals surface area (Å²) in [5.41, 5.74) is 1.92. The molecule has 0 unspecified atom stereocenters. The number of hydrogen-bond donors (Lipinski definition) is 0. The minimum Gasteiger partial charge on any atom is -0.455 e. The highest BCUT2D eigenvalue weighted by Crippen LogP contribution is 2.38. The van der Waals surface area contributed by atoms with Crippen LogP contribution in [0.4, 0.5) is 0 Å². The van der Waals surface area contributed by atoms with Gasteiger partial charge in [0.15, 0.2) is 0 Å². The quantitative estimate of drug-likeness (QED) is 0.364.